The minimum Gasteiger partial charge on any atom is -0.482 e. The number of fused-ring (bicyclic) bond motifs is 1. The van der Waals surface area contributed by atoms with Crippen molar-refractivity contribution >= 4 is 33.4 Å². The molecule has 4 rings (SSSR count). The van der Waals surface area contributed by atoms with E-state index in [9.17, 15) is 9.59 Å². The van der Waals surface area contributed by atoms with Gasteiger partial charge < -0.3 is 14.6 Å². The third kappa shape index (κ3) is 4.17. The standard InChI is InChI=1S/C21H19BrN4O3/c1-14(15-2-5-17(6-3-15)25-9-8-23-13-25)24-20(27)11-26-18-7-4-16(22)10-19(18)29-12-21(26)28/h2-10,13-14H,11-12H2,1H3,(H,24,27). The van der Waals surface area contributed by atoms with Gasteiger partial charge in [-0.1, -0.05) is 28.1 Å². The molecule has 2 aromatic carbocycles. The van der Waals surface area contributed by atoms with E-state index in [0.29, 0.717) is 11.4 Å². The van der Waals surface area contributed by atoms with Crippen LogP contribution in [0.4, 0.5) is 5.69 Å². The largest absolute Gasteiger partial charge is 0.482 e. The lowest BCUT2D eigenvalue weighted by atomic mass is 10.1. The molecule has 2 amide bonds. The van der Waals surface area contributed by atoms with Crippen molar-refractivity contribution in [3.63, 3.8) is 0 Å². The number of carbonyl (C=O) groups is 2. The molecule has 8 heteroatoms. The molecule has 0 fully saturated rings. The Hall–Kier alpha value is -3.13. The molecule has 3 aromatic rings. The molecule has 0 bridgehead atoms. The monoisotopic (exact) mass is 454 g/mol. The molecular formula is C21H19BrN4O3. The van der Waals surface area contributed by atoms with Crippen LogP contribution >= 0.6 is 15.9 Å². The maximum atomic E-state index is 12.6. The van der Waals surface area contributed by atoms with Crippen molar-refractivity contribution in [1.82, 2.24) is 14.9 Å². The lowest BCUT2D eigenvalue weighted by Gasteiger charge is -2.29. The maximum Gasteiger partial charge on any atom is 0.265 e. The second kappa shape index (κ2) is 8.08. The fraction of sp³-hybridized carbons (Fsp3) is 0.190. The number of ether oxygens (including phenoxy) is 1. The van der Waals surface area contributed by atoms with Crippen LogP contribution in [0.15, 0.2) is 65.7 Å². The van der Waals surface area contributed by atoms with Gasteiger partial charge in [-0.2, -0.15) is 0 Å². The van der Waals surface area contributed by atoms with Crippen LogP contribution in [-0.2, 0) is 9.59 Å². The highest BCUT2D eigenvalue weighted by molar-refractivity contribution is 9.10. The highest BCUT2D eigenvalue weighted by Gasteiger charge is 2.27. The number of carbonyl (C=O) groups excluding carboxylic acids is 2. The van der Waals surface area contributed by atoms with Crippen LogP contribution in [0, 0.1) is 0 Å². The van der Waals surface area contributed by atoms with Gasteiger partial charge >= 0.3 is 0 Å². The first-order valence-electron chi connectivity index (χ1n) is 9.11. The van der Waals surface area contributed by atoms with Gasteiger partial charge in [0.25, 0.3) is 5.91 Å². The summed E-state index contributed by atoms with van der Waals surface area (Å²) in [4.78, 5) is 30.4. The van der Waals surface area contributed by atoms with Gasteiger partial charge in [0.2, 0.25) is 5.91 Å². The summed E-state index contributed by atoms with van der Waals surface area (Å²) in [5, 5.41) is 2.96. The van der Waals surface area contributed by atoms with E-state index in [4.69, 9.17) is 4.74 Å². The second-order valence-corrected chi connectivity index (χ2v) is 7.65. The highest BCUT2D eigenvalue weighted by Crippen LogP contribution is 2.34. The fourth-order valence-corrected chi connectivity index (χ4v) is 3.55. The fourth-order valence-electron chi connectivity index (χ4n) is 3.21. The van der Waals surface area contributed by atoms with Gasteiger partial charge in [-0.05, 0) is 42.8 Å². The Morgan fingerprint density at radius 3 is 2.79 bits per heavy atom. The summed E-state index contributed by atoms with van der Waals surface area (Å²) in [6.07, 6.45) is 5.33. The summed E-state index contributed by atoms with van der Waals surface area (Å²) in [6, 6.07) is 13.0. The summed E-state index contributed by atoms with van der Waals surface area (Å²) >= 11 is 3.38. The van der Waals surface area contributed by atoms with Crippen molar-refractivity contribution in [3.8, 4) is 11.4 Å². The summed E-state index contributed by atoms with van der Waals surface area (Å²) < 4.78 is 8.22. The molecule has 7 nitrogen and oxygen atoms in total. The number of hydrogen-bond donors (Lipinski definition) is 1. The van der Waals surface area contributed by atoms with Crippen molar-refractivity contribution in [2.45, 2.75) is 13.0 Å². The molecule has 148 valence electrons. The smallest absolute Gasteiger partial charge is 0.265 e. The van der Waals surface area contributed by atoms with Crippen molar-refractivity contribution < 1.29 is 14.3 Å². The Kier molecular flexibility index (Phi) is 5.35. The van der Waals surface area contributed by atoms with Crippen molar-refractivity contribution in [3.05, 3.63) is 71.2 Å². The number of nitrogens with one attached hydrogen (secondary N) is 1. The summed E-state index contributed by atoms with van der Waals surface area (Å²) in [6.45, 7) is 1.77. The van der Waals surface area contributed by atoms with Gasteiger partial charge in [-0.3, -0.25) is 14.5 Å². The molecule has 1 aliphatic rings. The van der Waals surface area contributed by atoms with Crippen LogP contribution in [0.2, 0.25) is 0 Å². The number of benzene rings is 2. The lowest BCUT2D eigenvalue weighted by Crippen LogP contribution is -2.45. The minimum absolute atomic E-state index is 0.0612. The van der Waals surface area contributed by atoms with Gasteiger partial charge in [-0.15, -0.1) is 0 Å². The Balaban J connectivity index is 1.42. The molecule has 2 heterocycles. The highest BCUT2D eigenvalue weighted by atomic mass is 79.9. The van der Waals surface area contributed by atoms with Gasteiger partial charge in [0.1, 0.15) is 12.3 Å². The Labute approximate surface area is 176 Å². The SMILES string of the molecule is CC(NC(=O)CN1C(=O)COc2cc(Br)ccc21)c1ccc(-n2ccnc2)cc1. The average molecular weight is 455 g/mol. The number of amides is 2. The third-order valence-electron chi connectivity index (χ3n) is 4.74. The predicted molar refractivity (Wildman–Crippen MR) is 112 cm³/mol. The Morgan fingerprint density at radius 1 is 1.28 bits per heavy atom. The van der Waals surface area contributed by atoms with Crippen molar-refractivity contribution in [2.75, 3.05) is 18.1 Å². The molecule has 0 radical (unpaired) electrons. The zero-order chi connectivity index (χ0) is 20.4. The van der Waals surface area contributed by atoms with E-state index in [1.165, 1.54) is 4.90 Å². The minimum atomic E-state index is -0.243. The van der Waals surface area contributed by atoms with Gasteiger partial charge in [0.05, 0.1) is 18.1 Å². The van der Waals surface area contributed by atoms with E-state index in [0.717, 1.165) is 15.7 Å². The number of aromatic nitrogens is 2. The van der Waals surface area contributed by atoms with Crippen molar-refractivity contribution in [1.29, 1.82) is 0 Å². The lowest BCUT2D eigenvalue weighted by molar-refractivity contribution is -0.125. The normalized spacial score (nSPS) is 14.1. The summed E-state index contributed by atoms with van der Waals surface area (Å²) in [5.41, 5.74) is 2.56. The Bertz CT molecular complexity index is 1030. The molecule has 0 saturated heterocycles. The van der Waals surface area contributed by atoms with Crippen LogP contribution in [0.1, 0.15) is 18.5 Å². The van der Waals surface area contributed by atoms with Gasteiger partial charge in [0.15, 0.2) is 6.61 Å². The predicted octanol–water partition coefficient (Wildman–Crippen LogP) is 3.24. The van der Waals surface area contributed by atoms with Crippen LogP contribution in [0.5, 0.6) is 5.75 Å². The van der Waals surface area contributed by atoms with Gasteiger partial charge in [-0.25, -0.2) is 4.98 Å². The molecule has 0 aliphatic carbocycles. The van der Waals surface area contributed by atoms with E-state index >= 15 is 0 Å². The van der Waals surface area contributed by atoms with E-state index < -0.39 is 0 Å². The quantitative estimate of drug-likeness (QED) is 0.641. The molecule has 0 spiro atoms. The summed E-state index contributed by atoms with van der Waals surface area (Å²) in [7, 11) is 0. The van der Waals surface area contributed by atoms with Crippen molar-refractivity contribution in [2.24, 2.45) is 0 Å². The number of halogens is 1. The first kappa shape index (κ1) is 19.2. The van der Waals surface area contributed by atoms with E-state index in [2.05, 4.69) is 26.2 Å². The number of nitrogens with zero attached hydrogens (tertiary/aromatic N) is 3. The molecule has 1 unspecified atom stereocenters. The topological polar surface area (TPSA) is 76.5 Å². The first-order chi connectivity index (χ1) is 14.0. The van der Waals surface area contributed by atoms with Crippen LogP contribution in [0.3, 0.4) is 0 Å². The van der Waals surface area contributed by atoms with E-state index in [1.54, 1.807) is 24.7 Å². The average Bonchev–Trinajstić information content (AvgIpc) is 3.25. The molecule has 1 atom stereocenters. The van der Waals surface area contributed by atoms with E-state index in [1.807, 2.05) is 48.0 Å². The number of rotatable bonds is 5. The molecular weight excluding hydrogens is 436 g/mol. The van der Waals surface area contributed by atoms with Crippen LogP contribution < -0.4 is 15.0 Å². The number of anilines is 1. The molecule has 1 aromatic heterocycles. The van der Waals surface area contributed by atoms with E-state index in [-0.39, 0.29) is 31.0 Å². The molecule has 1 N–H and O–H groups in total. The molecule has 29 heavy (non-hydrogen) atoms. The zero-order valence-corrected chi connectivity index (χ0v) is 17.3. The zero-order valence-electron chi connectivity index (χ0n) is 15.7. The maximum absolute atomic E-state index is 12.6. The first-order valence-corrected chi connectivity index (χ1v) is 9.91. The van der Waals surface area contributed by atoms with Crippen LogP contribution in [-0.4, -0.2) is 34.5 Å². The molecule has 0 saturated carbocycles. The molecule has 1 aliphatic heterocycles. The van der Waals surface area contributed by atoms with Gasteiger partial charge in [0, 0.05) is 22.6 Å². The second-order valence-electron chi connectivity index (χ2n) is 6.73. The van der Waals surface area contributed by atoms with Crippen LogP contribution in [0.25, 0.3) is 5.69 Å². The third-order valence-corrected chi connectivity index (χ3v) is 5.23. The number of hydrogen-bond acceptors (Lipinski definition) is 4. The number of imidazole rings is 1. The summed E-state index contributed by atoms with van der Waals surface area (Å²) in [5.74, 6) is 0.0996. The Morgan fingerprint density at radius 2 is 2.07 bits per heavy atom.